The maximum Gasteiger partial charge on any atom is 0.262 e. The van der Waals surface area contributed by atoms with Gasteiger partial charge in [0.2, 0.25) is 5.91 Å². The Labute approximate surface area is 162 Å². The molecule has 2 aromatic rings. The van der Waals surface area contributed by atoms with E-state index in [1.807, 2.05) is 13.0 Å². The first-order valence-corrected chi connectivity index (χ1v) is 9.08. The lowest BCUT2D eigenvalue weighted by Crippen LogP contribution is -2.50. The van der Waals surface area contributed by atoms with Crippen molar-refractivity contribution in [2.45, 2.75) is 19.4 Å². The van der Waals surface area contributed by atoms with Crippen molar-refractivity contribution in [2.75, 3.05) is 29.9 Å². The predicted molar refractivity (Wildman–Crippen MR) is 105 cm³/mol. The van der Waals surface area contributed by atoms with Crippen LogP contribution in [0.1, 0.15) is 13.3 Å². The maximum atomic E-state index is 12.5. The second kappa shape index (κ2) is 8.51. The summed E-state index contributed by atoms with van der Waals surface area (Å²) in [6.45, 7) is 2.63. The number of anilines is 2. The summed E-state index contributed by atoms with van der Waals surface area (Å²) in [6, 6.07) is 11.4. The quantitative estimate of drug-likeness (QED) is 0.565. The highest BCUT2D eigenvalue weighted by Gasteiger charge is 2.31. The molecule has 2 amide bonds. The molecule has 0 aliphatic carbocycles. The third-order valence-corrected chi connectivity index (χ3v) is 4.32. The van der Waals surface area contributed by atoms with Gasteiger partial charge in [-0.05, 0) is 30.7 Å². The number of carbonyl (C=O) groups excluding carboxylic acids is 2. The zero-order valence-corrected chi connectivity index (χ0v) is 15.5. The van der Waals surface area contributed by atoms with Crippen molar-refractivity contribution in [1.82, 2.24) is 5.32 Å². The second-order valence-electron chi connectivity index (χ2n) is 6.47. The van der Waals surface area contributed by atoms with Gasteiger partial charge in [0.15, 0.2) is 6.10 Å². The Morgan fingerprint density at radius 1 is 1.14 bits per heavy atom. The molecule has 3 rings (SSSR count). The molecule has 8 nitrogen and oxygen atoms in total. The summed E-state index contributed by atoms with van der Waals surface area (Å²) in [5, 5.41) is 25.0. The van der Waals surface area contributed by atoms with Crippen molar-refractivity contribution in [3.8, 4) is 17.2 Å². The number of hydrogen-bond acceptors (Lipinski definition) is 6. The van der Waals surface area contributed by atoms with E-state index in [-0.39, 0.29) is 36.2 Å². The molecule has 28 heavy (non-hydrogen) atoms. The van der Waals surface area contributed by atoms with Crippen LogP contribution in [0, 0.1) is 0 Å². The van der Waals surface area contributed by atoms with Gasteiger partial charge in [0, 0.05) is 6.54 Å². The van der Waals surface area contributed by atoms with Crippen LogP contribution in [-0.2, 0) is 9.59 Å². The van der Waals surface area contributed by atoms with Gasteiger partial charge in [-0.2, -0.15) is 0 Å². The van der Waals surface area contributed by atoms with E-state index in [4.69, 9.17) is 4.74 Å². The molecular formula is C20H23N3O5. The van der Waals surface area contributed by atoms with Gasteiger partial charge < -0.3 is 30.5 Å². The minimum Gasteiger partial charge on any atom is -0.506 e. The molecule has 0 fully saturated rings. The van der Waals surface area contributed by atoms with Crippen LogP contribution in [0.25, 0.3) is 0 Å². The van der Waals surface area contributed by atoms with Crippen molar-refractivity contribution in [3.63, 3.8) is 0 Å². The lowest BCUT2D eigenvalue weighted by atomic mass is 10.1. The zero-order chi connectivity index (χ0) is 20.1. The lowest BCUT2D eigenvalue weighted by Gasteiger charge is -2.35. The average Bonchev–Trinajstić information content (AvgIpc) is 2.69. The van der Waals surface area contributed by atoms with E-state index in [9.17, 15) is 19.8 Å². The Balaban J connectivity index is 1.75. The second-order valence-corrected chi connectivity index (χ2v) is 6.47. The number of benzene rings is 2. The van der Waals surface area contributed by atoms with E-state index in [0.29, 0.717) is 18.0 Å². The van der Waals surface area contributed by atoms with E-state index in [2.05, 4.69) is 10.6 Å². The van der Waals surface area contributed by atoms with Crippen LogP contribution in [0.2, 0.25) is 0 Å². The van der Waals surface area contributed by atoms with E-state index in [0.717, 1.165) is 6.42 Å². The molecular weight excluding hydrogens is 362 g/mol. The van der Waals surface area contributed by atoms with Gasteiger partial charge in [-0.3, -0.25) is 9.59 Å². The van der Waals surface area contributed by atoms with Crippen molar-refractivity contribution in [1.29, 1.82) is 0 Å². The summed E-state index contributed by atoms with van der Waals surface area (Å²) in [7, 11) is 0. The fraction of sp³-hybridized carbons (Fsp3) is 0.300. The van der Waals surface area contributed by atoms with Crippen LogP contribution in [0.5, 0.6) is 17.2 Å². The Kier molecular flexibility index (Phi) is 5.88. The van der Waals surface area contributed by atoms with Crippen LogP contribution in [-0.4, -0.2) is 47.8 Å². The number of carbonyl (C=O) groups is 2. The fourth-order valence-electron chi connectivity index (χ4n) is 2.96. The van der Waals surface area contributed by atoms with E-state index < -0.39 is 12.0 Å². The minimum atomic E-state index is -0.743. The number of ether oxygens (including phenoxy) is 1. The molecule has 148 valence electrons. The minimum absolute atomic E-state index is 0.0497. The Morgan fingerprint density at radius 3 is 2.57 bits per heavy atom. The molecule has 0 bridgehead atoms. The lowest BCUT2D eigenvalue weighted by molar-refractivity contribution is -0.128. The van der Waals surface area contributed by atoms with Crippen LogP contribution >= 0.6 is 0 Å². The predicted octanol–water partition coefficient (Wildman–Crippen LogP) is 1.83. The summed E-state index contributed by atoms with van der Waals surface area (Å²) < 4.78 is 5.79. The molecule has 0 spiro atoms. The largest absolute Gasteiger partial charge is 0.506 e. The van der Waals surface area contributed by atoms with Crippen LogP contribution in [0.3, 0.4) is 0 Å². The van der Waals surface area contributed by atoms with E-state index in [1.165, 1.54) is 18.2 Å². The monoisotopic (exact) mass is 385 g/mol. The number of hydrogen-bond donors (Lipinski definition) is 4. The number of nitrogens with one attached hydrogen (secondary N) is 2. The van der Waals surface area contributed by atoms with Gasteiger partial charge in [0.05, 0.1) is 18.8 Å². The van der Waals surface area contributed by atoms with Gasteiger partial charge >= 0.3 is 0 Å². The molecule has 0 aromatic heterocycles. The normalized spacial score (nSPS) is 15.3. The first kappa shape index (κ1) is 19.3. The third kappa shape index (κ3) is 4.28. The number of phenols is 2. The van der Waals surface area contributed by atoms with E-state index >= 15 is 0 Å². The summed E-state index contributed by atoms with van der Waals surface area (Å²) in [4.78, 5) is 26.6. The van der Waals surface area contributed by atoms with Gasteiger partial charge in [0.1, 0.15) is 22.9 Å². The van der Waals surface area contributed by atoms with Crippen molar-refractivity contribution in [3.05, 3.63) is 42.5 Å². The Hall–Kier alpha value is -3.42. The first-order chi connectivity index (χ1) is 13.5. The molecule has 1 aliphatic heterocycles. The number of aromatic hydroxyl groups is 2. The van der Waals surface area contributed by atoms with Crippen LogP contribution in [0.4, 0.5) is 11.4 Å². The van der Waals surface area contributed by atoms with Gasteiger partial charge in [-0.15, -0.1) is 0 Å². The number of para-hydroxylation sites is 3. The first-order valence-electron chi connectivity index (χ1n) is 9.08. The number of fused-ring (bicyclic) bond motifs is 1. The van der Waals surface area contributed by atoms with Gasteiger partial charge in [0.25, 0.3) is 5.91 Å². The maximum absolute atomic E-state index is 12.5. The van der Waals surface area contributed by atoms with Crippen LogP contribution in [0.15, 0.2) is 42.5 Å². The van der Waals surface area contributed by atoms with Crippen molar-refractivity contribution >= 4 is 23.2 Å². The number of nitrogens with zero attached hydrogens (tertiary/aromatic N) is 1. The number of amides is 2. The third-order valence-electron chi connectivity index (χ3n) is 4.32. The summed E-state index contributed by atoms with van der Waals surface area (Å²) >= 11 is 0. The van der Waals surface area contributed by atoms with E-state index in [1.54, 1.807) is 23.1 Å². The summed E-state index contributed by atoms with van der Waals surface area (Å²) in [5.74, 6) is -0.620. The molecule has 4 N–H and O–H groups in total. The van der Waals surface area contributed by atoms with Crippen LogP contribution < -0.4 is 20.3 Å². The molecule has 1 aliphatic rings. The fourth-order valence-corrected chi connectivity index (χ4v) is 2.96. The summed E-state index contributed by atoms with van der Waals surface area (Å²) in [5.41, 5.74) is 0.644. The molecule has 1 heterocycles. The molecule has 1 unspecified atom stereocenters. The molecule has 0 saturated carbocycles. The summed E-state index contributed by atoms with van der Waals surface area (Å²) in [6.07, 6.45) is 0.0679. The SMILES string of the molecule is CCCNC(=O)C1CN(CC(=O)Nc2c(O)cccc2O)c2ccccc2O1. The van der Waals surface area contributed by atoms with Crippen molar-refractivity contribution < 1.29 is 24.5 Å². The topological polar surface area (TPSA) is 111 Å². The highest BCUT2D eigenvalue weighted by Crippen LogP contribution is 2.34. The molecule has 0 radical (unpaired) electrons. The zero-order valence-electron chi connectivity index (χ0n) is 15.5. The molecule has 0 saturated heterocycles. The molecule has 2 aromatic carbocycles. The van der Waals surface area contributed by atoms with Gasteiger partial charge in [-0.25, -0.2) is 0 Å². The highest BCUT2D eigenvalue weighted by atomic mass is 16.5. The Bertz CT molecular complexity index is 850. The Morgan fingerprint density at radius 2 is 1.86 bits per heavy atom. The standard InChI is InChI=1S/C20H23N3O5/c1-2-10-21-20(27)17-11-23(13-6-3-4-9-16(13)28-17)12-18(26)22-19-14(24)7-5-8-15(19)25/h3-9,17,24-25H,2,10-12H2,1H3,(H,21,27)(H,22,26). The molecule has 8 heteroatoms. The number of phenolic OH excluding ortho intramolecular Hbond substituents is 2. The number of rotatable bonds is 6. The average molecular weight is 385 g/mol. The smallest absolute Gasteiger partial charge is 0.262 e. The molecule has 1 atom stereocenters. The van der Waals surface area contributed by atoms with Crippen molar-refractivity contribution in [2.24, 2.45) is 0 Å². The highest BCUT2D eigenvalue weighted by molar-refractivity contribution is 5.97. The van der Waals surface area contributed by atoms with Gasteiger partial charge in [-0.1, -0.05) is 25.1 Å².